The Kier molecular flexibility index (Phi) is 5.55. The SMILES string of the molecule is CC(C)CNC(=O)C(C)OC(=O)c1ccc2nc(Cl)ccc2c1. The molecule has 1 N–H and O–H groups in total. The van der Waals surface area contributed by atoms with Gasteiger partial charge in [-0.2, -0.15) is 0 Å². The van der Waals surface area contributed by atoms with Crippen molar-refractivity contribution in [3.05, 3.63) is 41.0 Å². The van der Waals surface area contributed by atoms with Crippen LogP contribution in [0.3, 0.4) is 0 Å². The van der Waals surface area contributed by atoms with Crippen LogP contribution in [0, 0.1) is 5.92 Å². The van der Waals surface area contributed by atoms with Crippen molar-refractivity contribution in [1.82, 2.24) is 10.3 Å². The number of halogens is 1. The molecule has 0 spiro atoms. The molecule has 23 heavy (non-hydrogen) atoms. The lowest BCUT2D eigenvalue weighted by molar-refractivity contribution is -0.129. The predicted octanol–water partition coefficient (Wildman–Crippen LogP) is 3.21. The minimum absolute atomic E-state index is 0.304. The maximum Gasteiger partial charge on any atom is 0.338 e. The van der Waals surface area contributed by atoms with E-state index < -0.39 is 12.1 Å². The Hall–Kier alpha value is -2.14. The van der Waals surface area contributed by atoms with E-state index in [0.717, 1.165) is 5.39 Å². The molecule has 0 saturated carbocycles. The van der Waals surface area contributed by atoms with Crippen molar-refractivity contribution in [3.8, 4) is 0 Å². The van der Waals surface area contributed by atoms with Crippen LogP contribution in [0.4, 0.5) is 0 Å². The molecule has 122 valence electrons. The highest BCUT2D eigenvalue weighted by molar-refractivity contribution is 6.29. The van der Waals surface area contributed by atoms with E-state index in [1.807, 2.05) is 13.8 Å². The van der Waals surface area contributed by atoms with Gasteiger partial charge in [0, 0.05) is 11.9 Å². The van der Waals surface area contributed by atoms with E-state index in [1.165, 1.54) is 0 Å². The number of hydrogen-bond donors (Lipinski definition) is 1. The molecule has 2 rings (SSSR count). The minimum Gasteiger partial charge on any atom is -0.449 e. The maximum atomic E-state index is 12.2. The Balaban J connectivity index is 2.05. The summed E-state index contributed by atoms with van der Waals surface area (Å²) in [4.78, 5) is 28.2. The van der Waals surface area contributed by atoms with Crippen molar-refractivity contribution in [2.45, 2.75) is 26.9 Å². The number of aromatic nitrogens is 1. The van der Waals surface area contributed by atoms with Gasteiger partial charge in [-0.1, -0.05) is 25.4 Å². The second kappa shape index (κ2) is 7.42. The summed E-state index contributed by atoms with van der Waals surface area (Å²) in [7, 11) is 0. The Morgan fingerprint density at radius 1 is 1.22 bits per heavy atom. The van der Waals surface area contributed by atoms with E-state index in [0.29, 0.717) is 28.7 Å². The van der Waals surface area contributed by atoms with Crippen LogP contribution in [0.25, 0.3) is 10.9 Å². The lowest BCUT2D eigenvalue weighted by atomic mass is 10.1. The maximum absolute atomic E-state index is 12.2. The molecule has 1 aromatic heterocycles. The van der Waals surface area contributed by atoms with Crippen molar-refractivity contribution in [2.75, 3.05) is 6.54 Å². The Labute approximate surface area is 140 Å². The molecule has 5 nitrogen and oxygen atoms in total. The quantitative estimate of drug-likeness (QED) is 0.673. The number of amides is 1. The molecule has 6 heteroatoms. The predicted molar refractivity (Wildman–Crippen MR) is 89.5 cm³/mol. The Morgan fingerprint density at radius 2 is 1.96 bits per heavy atom. The molecule has 0 aliphatic heterocycles. The molecule has 0 bridgehead atoms. The molecule has 0 saturated heterocycles. The topological polar surface area (TPSA) is 68.3 Å². The molecule has 1 atom stereocenters. The first-order valence-corrected chi connectivity index (χ1v) is 7.79. The Bertz CT molecular complexity index is 731. The van der Waals surface area contributed by atoms with Crippen molar-refractivity contribution < 1.29 is 14.3 Å². The van der Waals surface area contributed by atoms with E-state index >= 15 is 0 Å². The second-order valence-corrected chi connectivity index (χ2v) is 6.12. The normalized spacial score (nSPS) is 12.2. The monoisotopic (exact) mass is 334 g/mol. The van der Waals surface area contributed by atoms with Gasteiger partial charge in [0.05, 0.1) is 11.1 Å². The minimum atomic E-state index is -0.847. The van der Waals surface area contributed by atoms with Crippen molar-refractivity contribution in [2.24, 2.45) is 5.92 Å². The summed E-state index contributed by atoms with van der Waals surface area (Å²) in [6, 6.07) is 8.40. The summed E-state index contributed by atoms with van der Waals surface area (Å²) in [6.45, 7) is 6.08. The van der Waals surface area contributed by atoms with Crippen molar-refractivity contribution in [1.29, 1.82) is 0 Å². The molecule has 1 heterocycles. The van der Waals surface area contributed by atoms with Gasteiger partial charge in [0.25, 0.3) is 5.91 Å². The summed E-state index contributed by atoms with van der Waals surface area (Å²) < 4.78 is 5.21. The van der Waals surface area contributed by atoms with Crippen LogP contribution in [0.15, 0.2) is 30.3 Å². The highest BCUT2D eigenvalue weighted by Crippen LogP contribution is 2.18. The standard InChI is InChI=1S/C17H19ClN2O3/c1-10(2)9-19-16(21)11(3)23-17(22)13-4-6-14-12(8-13)5-7-15(18)20-14/h4-8,10-11H,9H2,1-3H3,(H,19,21). The van der Waals surface area contributed by atoms with Gasteiger partial charge in [-0.05, 0) is 43.2 Å². The molecule has 0 aliphatic rings. The number of ether oxygens (including phenoxy) is 1. The van der Waals surface area contributed by atoms with Crippen LogP contribution >= 0.6 is 11.6 Å². The number of esters is 1. The van der Waals surface area contributed by atoms with Crippen molar-refractivity contribution in [3.63, 3.8) is 0 Å². The summed E-state index contributed by atoms with van der Waals surface area (Å²) in [5.74, 6) is -0.517. The highest BCUT2D eigenvalue weighted by atomic mass is 35.5. The first-order chi connectivity index (χ1) is 10.9. The lowest BCUT2D eigenvalue weighted by Gasteiger charge is -2.14. The smallest absolute Gasteiger partial charge is 0.338 e. The van der Waals surface area contributed by atoms with Gasteiger partial charge in [-0.25, -0.2) is 9.78 Å². The second-order valence-electron chi connectivity index (χ2n) is 5.73. The lowest BCUT2D eigenvalue weighted by Crippen LogP contribution is -2.37. The molecule has 1 unspecified atom stereocenters. The van der Waals surface area contributed by atoms with Crippen LogP contribution in [0.2, 0.25) is 5.15 Å². The fraction of sp³-hybridized carbons (Fsp3) is 0.353. The zero-order chi connectivity index (χ0) is 17.0. The number of benzene rings is 1. The molecule has 0 fully saturated rings. The van der Waals surface area contributed by atoms with E-state index in [1.54, 1.807) is 37.3 Å². The number of carbonyl (C=O) groups is 2. The van der Waals surface area contributed by atoms with Crippen LogP contribution in [-0.4, -0.2) is 29.5 Å². The third-order valence-corrected chi connectivity index (χ3v) is 3.44. The molecule has 0 radical (unpaired) electrons. The van der Waals surface area contributed by atoms with E-state index in [9.17, 15) is 9.59 Å². The summed E-state index contributed by atoms with van der Waals surface area (Å²) >= 11 is 5.83. The molecular formula is C17H19ClN2O3. The molecule has 1 aromatic carbocycles. The summed E-state index contributed by atoms with van der Waals surface area (Å²) in [5, 5.41) is 3.90. The number of nitrogens with one attached hydrogen (secondary N) is 1. The number of fused-ring (bicyclic) bond motifs is 1. The zero-order valence-electron chi connectivity index (χ0n) is 13.3. The zero-order valence-corrected chi connectivity index (χ0v) is 14.1. The van der Waals surface area contributed by atoms with Gasteiger partial charge in [0.1, 0.15) is 5.15 Å². The average Bonchev–Trinajstić information content (AvgIpc) is 2.51. The molecule has 1 amide bonds. The third-order valence-electron chi connectivity index (χ3n) is 3.23. The molecule has 0 aliphatic carbocycles. The summed E-state index contributed by atoms with van der Waals surface area (Å²) in [5.41, 5.74) is 1.06. The first kappa shape index (κ1) is 17.2. The average molecular weight is 335 g/mol. The van der Waals surface area contributed by atoms with Crippen molar-refractivity contribution >= 4 is 34.4 Å². The molecule has 2 aromatic rings. The van der Waals surface area contributed by atoms with Gasteiger partial charge in [0.2, 0.25) is 0 Å². The number of pyridine rings is 1. The number of nitrogens with zero attached hydrogens (tertiary/aromatic N) is 1. The fourth-order valence-electron chi connectivity index (χ4n) is 1.96. The van der Waals surface area contributed by atoms with Crippen LogP contribution in [0.1, 0.15) is 31.1 Å². The number of rotatable bonds is 5. The van der Waals surface area contributed by atoms with E-state index in [4.69, 9.17) is 16.3 Å². The van der Waals surface area contributed by atoms with Crippen LogP contribution in [-0.2, 0) is 9.53 Å². The highest BCUT2D eigenvalue weighted by Gasteiger charge is 2.19. The third kappa shape index (κ3) is 4.66. The van der Waals surface area contributed by atoms with Gasteiger partial charge in [0.15, 0.2) is 6.10 Å². The van der Waals surface area contributed by atoms with Gasteiger partial charge in [-0.3, -0.25) is 4.79 Å². The largest absolute Gasteiger partial charge is 0.449 e. The van der Waals surface area contributed by atoms with Gasteiger partial charge >= 0.3 is 5.97 Å². The number of carbonyl (C=O) groups excluding carboxylic acids is 2. The van der Waals surface area contributed by atoms with Crippen LogP contribution < -0.4 is 5.32 Å². The molecular weight excluding hydrogens is 316 g/mol. The summed E-state index contributed by atoms with van der Waals surface area (Å²) in [6.07, 6.45) is -0.847. The fourth-order valence-corrected chi connectivity index (χ4v) is 2.11. The van der Waals surface area contributed by atoms with E-state index in [2.05, 4.69) is 10.3 Å². The van der Waals surface area contributed by atoms with Gasteiger partial charge in [-0.15, -0.1) is 0 Å². The van der Waals surface area contributed by atoms with Crippen LogP contribution in [0.5, 0.6) is 0 Å². The van der Waals surface area contributed by atoms with E-state index in [-0.39, 0.29) is 5.91 Å². The van der Waals surface area contributed by atoms with Gasteiger partial charge < -0.3 is 10.1 Å². The first-order valence-electron chi connectivity index (χ1n) is 7.42. The Morgan fingerprint density at radius 3 is 2.65 bits per heavy atom. The number of hydrogen-bond acceptors (Lipinski definition) is 4.